The van der Waals surface area contributed by atoms with Gasteiger partial charge in [-0.15, -0.1) is 0 Å². The molecule has 2 aromatic carbocycles. The van der Waals surface area contributed by atoms with Crippen LogP contribution in [0.4, 0.5) is 0 Å². The van der Waals surface area contributed by atoms with E-state index in [1.165, 1.54) is 0 Å². The highest BCUT2D eigenvalue weighted by molar-refractivity contribution is 9.10. The number of nitrogens with zero attached hydrogens (tertiary/aromatic N) is 1. The Morgan fingerprint density at radius 1 is 1.00 bits per heavy atom. The van der Waals surface area contributed by atoms with E-state index in [0.717, 1.165) is 15.6 Å². The van der Waals surface area contributed by atoms with Crippen LogP contribution < -0.4 is 5.32 Å². The lowest BCUT2D eigenvalue weighted by Crippen LogP contribution is -2.24. The summed E-state index contributed by atoms with van der Waals surface area (Å²) in [5.41, 5.74) is 2.27. The first-order valence-electron chi connectivity index (χ1n) is 6.15. The van der Waals surface area contributed by atoms with Gasteiger partial charge in [-0.3, -0.25) is 4.79 Å². The molecule has 1 N–H and O–H groups in total. The Labute approximate surface area is 125 Å². The lowest BCUT2D eigenvalue weighted by atomic mass is 10.2. The molecule has 0 spiro atoms. The topological polar surface area (TPSA) is 41.5 Å². The number of nitrogens with one attached hydrogen (secondary N) is 1. The van der Waals surface area contributed by atoms with Gasteiger partial charge in [0.2, 0.25) is 0 Å². The Morgan fingerprint density at radius 3 is 2.40 bits per heavy atom. The minimum atomic E-state index is -0.174. The van der Waals surface area contributed by atoms with E-state index in [1.807, 2.05) is 54.6 Å². The molecule has 0 saturated heterocycles. The van der Waals surface area contributed by atoms with E-state index in [0.29, 0.717) is 11.5 Å². The van der Waals surface area contributed by atoms with Crippen molar-refractivity contribution in [3.8, 4) is 0 Å². The minimum Gasteiger partial charge on any atom is -0.305 e. The lowest BCUT2D eigenvalue weighted by Gasteiger charge is -1.98. The summed E-state index contributed by atoms with van der Waals surface area (Å²) in [4.78, 5) is 16.3. The first-order chi connectivity index (χ1) is 9.72. The summed E-state index contributed by atoms with van der Waals surface area (Å²) in [5, 5.41) is 2.79. The fourth-order valence-electron chi connectivity index (χ4n) is 1.92. The van der Waals surface area contributed by atoms with Crippen LogP contribution in [0.15, 0.2) is 69.8 Å². The number of hydrogen-bond donors (Lipinski definition) is 1. The van der Waals surface area contributed by atoms with Gasteiger partial charge in [0.15, 0.2) is 0 Å². The third-order valence-corrected chi connectivity index (χ3v) is 3.45. The summed E-state index contributed by atoms with van der Waals surface area (Å²) >= 11 is 3.38. The number of carbonyl (C=O) groups excluding carboxylic acids is 1. The van der Waals surface area contributed by atoms with Crippen molar-refractivity contribution in [2.45, 2.75) is 0 Å². The van der Waals surface area contributed by atoms with Gasteiger partial charge in [0.05, 0.1) is 0 Å². The summed E-state index contributed by atoms with van der Waals surface area (Å²) < 4.78 is 1.00. The SMILES string of the molecule is O=C1NC(c2ccccc2)=N/C1=C\c1ccc(Br)cc1. The van der Waals surface area contributed by atoms with Gasteiger partial charge in [0.1, 0.15) is 11.5 Å². The van der Waals surface area contributed by atoms with Crippen molar-refractivity contribution >= 4 is 33.7 Å². The smallest absolute Gasteiger partial charge is 0.275 e. The van der Waals surface area contributed by atoms with E-state index in [4.69, 9.17) is 0 Å². The van der Waals surface area contributed by atoms with Gasteiger partial charge in [0, 0.05) is 10.0 Å². The average Bonchev–Trinajstić information content (AvgIpc) is 2.84. The van der Waals surface area contributed by atoms with E-state index < -0.39 is 0 Å². The maximum absolute atomic E-state index is 11.9. The zero-order valence-electron chi connectivity index (χ0n) is 10.5. The van der Waals surface area contributed by atoms with Crippen LogP contribution in [0.25, 0.3) is 6.08 Å². The summed E-state index contributed by atoms with van der Waals surface area (Å²) in [6, 6.07) is 17.3. The molecule has 1 aliphatic heterocycles. The average molecular weight is 327 g/mol. The van der Waals surface area contributed by atoms with E-state index in [-0.39, 0.29) is 5.91 Å². The van der Waals surface area contributed by atoms with Crippen molar-refractivity contribution < 1.29 is 4.79 Å². The normalized spacial score (nSPS) is 16.1. The Bertz CT molecular complexity index is 703. The molecule has 3 rings (SSSR count). The third-order valence-electron chi connectivity index (χ3n) is 2.92. The molecule has 0 unspecified atom stereocenters. The number of rotatable bonds is 2. The van der Waals surface area contributed by atoms with E-state index in [1.54, 1.807) is 6.08 Å². The first kappa shape index (κ1) is 12.8. The van der Waals surface area contributed by atoms with Gasteiger partial charge >= 0.3 is 0 Å². The molecule has 1 aliphatic rings. The standard InChI is InChI=1S/C16H11BrN2O/c17-13-8-6-11(7-9-13)10-14-16(20)19-15(18-14)12-4-2-1-3-5-12/h1-10H,(H,18,19,20)/b14-10-. The first-order valence-corrected chi connectivity index (χ1v) is 6.94. The fraction of sp³-hybridized carbons (Fsp3) is 0. The van der Waals surface area contributed by atoms with Crippen molar-refractivity contribution in [1.82, 2.24) is 5.32 Å². The highest BCUT2D eigenvalue weighted by atomic mass is 79.9. The predicted molar refractivity (Wildman–Crippen MR) is 83.2 cm³/mol. The maximum Gasteiger partial charge on any atom is 0.275 e. The van der Waals surface area contributed by atoms with E-state index in [2.05, 4.69) is 26.2 Å². The molecule has 3 nitrogen and oxygen atoms in total. The minimum absolute atomic E-state index is 0.174. The maximum atomic E-state index is 11.9. The van der Waals surface area contributed by atoms with E-state index in [9.17, 15) is 4.79 Å². The number of amides is 1. The number of aliphatic imine (C=N–C) groups is 1. The summed E-state index contributed by atoms with van der Waals surface area (Å²) in [5.74, 6) is 0.422. The van der Waals surface area contributed by atoms with Crippen LogP contribution >= 0.6 is 15.9 Å². The molecular weight excluding hydrogens is 316 g/mol. The number of benzene rings is 2. The molecule has 0 aliphatic carbocycles. The second kappa shape index (κ2) is 5.43. The van der Waals surface area contributed by atoms with Crippen LogP contribution in [-0.2, 0) is 4.79 Å². The lowest BCUT2D eigenvalue weighted by molar-refractivity contribution is -0.115. The van der Waals surface area contributed by atoms with Crippen molar-refractivity contribution in [1.29, 1.82) is 0 Å². The summed E-state index contributed by atoms with van der Waals surface area (Å²) in [6.07, 6.45) is 1.78. The fourth-order valence-corrected chi connectivity index (χ4v) is 2.18. The second-order valence-corrected chi connectivity index (χ2v) is 5.28. The Morgan fingerprint density at radius 2 is 1.70 bits per heavy atom. The van der Waals surface area contributed by atoms with Gasteiger partial charge < -0.3 is 5.32 Å². The van der Waals surface area contributed by atoms with Gasteiger partial charge in [-0.05, 0) is 23.8 Å². The molecule has 2 aromatic rings. The van der Waals surface area contributed by atoms with Crippen molar-refractivity contribution in [2.24, 2.45) is 4.99 Å². The van der Waals surface area contributed by atoms with Crippen LogP contribution in [0.5, 0.6) is 0 Å². The van der Waals surface area contributed by atoms with Gasteiger partial charge in [-0.25, -0.2) is 4.99 Å². The molecule has 20 heavy (non-hydrogen) atoms. The highest BCUT2D eigenvalue weighted by Crippen LogP contribution is 2.17. The number of carbonyl (C=O) groups is 1. The molecule has 98 valence electrons. The molecule has 0 aromatic heterocycles. The molecule has 0 radical (unpaired) electrons. The monoisotopic (exact) mass is 326 g/mol. The number of hydrogen-bond acceptors (Lipinski definition) is 2. The summed E-state index contributed by atoms with van der Waals surface area (Å²) in [6.45, 7) is 0. The van der Waals surface area contributed by atoms with Gasteiger partial charge in [-0.1, -0.05) is 58.4 Å². The van der Waals surface area contributed by atoms with Gasteiger partial charge in [0.25, 0.3) is 5.91 Å². The molecule has 0 saturated carbocycles. The van der Waals surface area contributed by atoms with E-state index >= 15 is 0 Å². The highest BCUT2D eigenvalue weighted by Gasteiger charge is 2.20. The number of amidine groups is 1. The Balaban J connectivity index is 1.92. The zero-order chi connectivity index (χ0) is 13.9. The molecule has 0 fully saturated rings. The zero-order valence-corrected chi connectivity index (χ0v) is 12.1. The molecule has 4 heteroatoms. The third kappa shape index (κ3) is 2.70. The molecule has 0 bridgehead atoms. The largest absolute Gasteiger partial charge is 0.305 e. The Hall–Kier alpha value is -2.20. The summed E-state index contributed by atoms with van der Waals surface area (Å²) in [7, 11) is 0. The van der Waals surface area contributed by atoms with Crippen LogP contribution in [0.1, 0.15) is 11.1 Å². The van der Waals surface area contributed by atoms with Crippen molar-refractivity contribution in [3.63, 3.8) is 0 Å². The quantitative estimate of drug-likeness (QED) is 0.844. The second-order valence-electron chi connectivity index (χ2n) is 4.36. The molecule has 0 atom stereocenters. The van der Waals surface area contributed by atoms with Crippen LogP contribution in [0, 0.1) is 0 Å². The molecular formula is C16H11BrN2O. The van der Waals surface area contributed by atoms with Crippen molar-refractivity contribution in [3.05, 3.63) is 75.9 Å². The predicted octanol–water partition coefficient (Wildman–Crippen LogP) is 3.37. The molecule has 1 amide bonds. The van der Waals surface area contributed by atoms with Gasteiger partial charge in [-0.2, -0.15) is 0 Å². The number of halogens is 1. The van der Waals surface area contributed by atoms with Crippen LogP contribution in [0.3, 0.4) is 0 Å². The molecule has 1 heterocycles. The van der Waals surface area contributed by atoms with Crippen molar-refractivity contribution in [2.75, 3.05) is 0 Å². The van der Waals surface area contributed by atoms with Crippen LogP contribution in [-0.4, -0.2) is 11.7 Å². The van der Waals surface area contributed by atoms with Crippen LogP contribution in [0.2, 0.25) is 0 Å². The Kier molecular flexibility index (Phi) is 3.48.